The number of carbonyl (C=O) groups excluding carboxylic acids is 1. The van der Waals surface area contributed by atoms with Crippen LogP contribution in [0.5, 0.6) is 0 Å². The molecule has 0 aromatic rings. The first-order valence-corrected chi connectivity index (χ1v) is 8.28. The number of ether oxygens (including phenoxy) is 1. The van der Waals surface area contributed by atoms with E-state index in [9.17, 15) is 4.79 Å². The van der Waals surface area contributed by atoms with E-state index in [0.29, 0.717) is 6.61 Å². The maximum Gasteiger partial charge on any atom is 0.311 e. The van der Waals surface area contributed by atoms with Crippen molar-refractivity contribution < 1.29 is 9.53 Å². The Bertz CT molecular complexity index is 225. The van der Waals surface area contributed by atoms with Gasteiger partial charge in [-0.1, -0.05) is 65.7 Å². The molecule has 19 heavy (non-hydrogen) atoms. The molecule has 114 valence electrons. The molecule has 0 aliphatic heterocycles. The zero-order chi connectivity index (χ0) is 14.6. The van der Waals surface area contributed by atoms with Crippen LogP contribution in [0.3, 0.4) is 0 Å². The topological polar surface area (TPSA) is 26.3 Å². The van der Waals surface area contributed by atoms with Crippen LogP contribution in [0, 0.1) is 5.41 Å². The van der Waals surface area contributed by atoms with Gasteiger partial charge in [-0.3, -0.25) is 4.79 Å². The maximum absolute atomic E-state index is 12.2. The standard InChI is InChI=1S/C17H34O2/c1-5-8-10-12-14-17(4,7-3)16(18)19-15-13-11-9-6-2/h5-15H2,1-4H3. The molecular formula is C17H34O2. The van der Waals surface area contributed by atoms with Crippen LogP contribution in [0.25, 0.3) is 0 Å². The van der Waals surface area contributed by atoms with E-state index in [1.54, 1.807) is 0 Å². The fourth-order valence-electron chi connectivity index (χ4n) is 2.23. The molecule has 0 amide bonds. The highest BCUT2D eigenvalue weighted by molar-refractivity contribution is 5.76. The number of rotatable bonds is 12. The van der Waals surface area contributed by atoms with Crippen molar-refractivity contribution >= 4 is 5.97 Å². The second kappa shape index (κ2) is 11.3. The smallest absolute Gasteiger partial charge is 0.311 e. The lowest BCUT2D eigenvalue weighted by Crippen LogP contribution is -2.29. The summed E-state index contributed by atoms with van der Waals surface area (Å²) in [5, 5.41) is 0. The number of esters is 1. The molecule has 0 saturated carbocycles. The Morgan fingerprint density at radius 2 is 1.47 bits per heavy atom. The van der Waals surface area contributed by atoms with Gasteiger partial charge in [0.05, 0.1) is 12.0 Å². The molecule has 0 rings (SSSR count). The lowest BCUT2D eigenvalue weighted by Gasteiger charge is -2.26. The summed E-state index contributed by atoms with van der Waals surface area (Å²) in [7, 11) is 0. The molecule has 0 saturated heterocycles. The number of unbranched alkanes of at least 4 members (excludes halogenated alkanes) is 6. The third kappa shape index (κ3) is 8.28. The molecule has 1 atom stereocenters. The van der Waals surface area contributed by atoms with Gasteiger partial charge in [-0.05, 0) is 26.2 Å². The van der Waals surface area contributed by atoms with Crippen LogP contribution in [0.1, 0.15) is 91.9 Å². The van der Waals surface area contributed by atoms with E-state index in [0.717, 1.165) is 25.7 Å². The molecule has 1 unspecified atom stereocenters. The first kappa shape index (κ1) is 18.5. The fourth-order valence-corrected chi connectivity index (χ4v) is 2.23. The van der Waals surface area contributed by atoms with Gasteiger partial charge in [0.2, 0.25) is 0 Å². The second-order valence-corrected chi connectivity index (χ2v) is 5.92. The molecule has 0 N–H and O–H groups in total. The first-order chi connectivity index (χ1) is 9.10. The summed E-state index contributed by atoms with van der Waals surface area (Å²) >= 11 is 0. The number of hydrogen-bond donors (Lipinski definition) is 0. The summed E-state index contributed by atoms with van der Waals surface area (Å²) in [6.07, 6.45) is 11.4. The number of carbonyl (C=O) groups is 1. The summed E-state index contributed by atoms with van der Waals surface area (Å²) in [5.74, 6) is 0.0167. The predicted molar refractivity (Wildman–Crippen MR) is 82.3 cm³/mol. The van der Waals surface area contributed by atoms with Gasteiger partial charge in [0, 0.05) is 0 Å². The molecular weight excluding hydrogens is 236 g/mol. The second-order valence-electron chi connectivity index (χ2n) is 5.92. The Morgan fingerprint density at radius 1 is 0.895 bits per heavy atom. The minimum atomic E-state index is -0.265. The van der Waals surface area contributed by atoms with Crippen LogP contribution in [0.15, 0.2) is 0 Å². The van der Waals surface area contributed by atoms with E-state index in [1.807, 2.05) is 0 Å². The third-order valence-corrected chi connectivity index (χ3v) is 4.09. The Balaban J connectivity index is 3.92. The normalized spacial score (nSPS) is 14.1. The zero-order valence-corrected chi connectivity index (χ0v) is 13.6. The minimum absolute atomic E-state index is 0.0167. The van der Waals surface area contributed by atoms with Gasteiger partial charge in [-0.25, -0.2) is 0 Å². The van der Waals surface area contributed by atoms with Gasteiger partial charge in [-0.15, -0.1) is 0 Å². The summed E-state index contributed by atoms with van der Waals surface area (Å²) < 4.78 is 5.46. The summed E-state index contributed by atoms with van der Waals surface area (Å²) in [5.41, 5.74) is -0.265. The van der Waals surface area contributed by atoms with Crippen molar-refractivity contribution in [1.29, 1.82) is 0 Å². The van der Waals surface area contributed by atoms with Crippen molar-refractivity contribution in [2.24, 2.45) is 5.41 Å². The van der Waals surface area contributed by atoms with Gasteiger partial charge in [0.1, 0.15) is 0 Å². The fraction of sp³-hybridized carbons (Fsp3) is 0.941. The summed E-state index contributed by atoms with van der Waals surface area (Å²) in [6.45, 7) is 9.16. The van der Waals surface area contributed by atoms with Crippen molar-refractivity contribution in [2.45, 2.75) is 91.9 Å². The van der Waals surface area contributed by atoms with Crippen molar-refractivity contribution in [1.82, 2.24) is 0 Å². The quantitative estimate of drug-likeness (QED) is 0.346. The van der Waals surface area contributed by atoms with E-state index in [2.05, 4.69) is 27.7 Å². The molecule has 0 fully saturated rings. The van der Waals surface area contributed by atoms with Crippen molar-refractivity contribution in [3.63, 3.8) is 0 Å². The predicted octanol–water partition coefficient (Wildman–Crippen LogP) is 5.50. The largest absolute Gasteiger partial charge is 0.465 e. The summed E-state index contributed by atoms with van der Waals surface area (Å²) in [6, 6.07) is 0. The first-order valence-electron chi connectivity index (χ1n) is 8.28. The van der Waals surface area contributed by atoms with Gasteiger partial charge in [-0.2, -0.15) is 0 Å². The molecule has 2 nitrogen and oxygen atoms in total. The van der Waals surface area contributed by atoms with Gasteiger partial charge >= 0.3 is 5.97 Å². The Kier molecular flexibility index (Phi) is 11.0. The van der Waals surface area contributed by atoms with Crippen LogP contribution < -0.4 is 0 Å². The SMILES string of the molecule is CCCCCCOC(=O)C(C)(CC)CCCCCC. The minimum Gasteiger partial charge on any atom is -0.465 e. The molecule has 0 aliphatic rings. The van der Waals surface area contributed by atoms with Crippen molar-refractivity contribution in [3.05, 3.63) is 0 Å². The highest BCUT2D eigenvalue weighted by Gasteiger charge is 2.32. The van der Waals surface area contributed by atoms with Crippen LogP contribution >= 0.6 is 0 Å². The Hall–Kier alpha value is -0.530. The number of hydrogen-bond acceptors (Lipinski definition) is 2. The molecule has 0 aliphatic carbocycles. The van der Waals surface area contributed by atoms with Crippen LogP contribution in [-0.2, 0) is 9.53 Å². The molecule has 0 heterocycles. The molecule has 0 aromatic heterocycles. The van der Waals surface area contributed by atoms with E-state index in [4.69, 9.17) is 4.74 Å². The lowest BCUT2D eigenvalue weighted by atomic mass is 9.82. The Labute approximate surface area is 120 Å². The van der Waals surface area contributed by atoms with Gasteiger partial charge < -0.3 is 4.74 Å². The van der Waals surface area contributed by atoms with Gasteiger partial charge in [0.25, 0.3) is 0 Å². The van der Waals surface area contributed by atoms with E-state index >= 15 is 0 Å². The van der Waals surface area contributed by atoms with E-state index < -0.39 is 0 Å². The monoisotopic (exact) mass is 270 g/mol. The lowest BCUT2D eigenvalue weighted by molar-refractivity contribution is -0.155. The summed E-state index contributed by atoms with van der Waals surface area (Å²) in [4.78, 5) is 12.2. The maximum atomic E-state index is 12.2. The van der Waals surface area contributed by atoms with E-state index in [-0.39, 0.29) is 11.4 Å². The average molecular weight is 270 g/mol. The zero-order valence-electron chi connectivity index (χ0n) is 13.6. The van der Waals surface area contributed by atoms with Crippen LogP contribution in [-0.4, -0.2) is 12.6 Å². The van der Waals surface area contributed by atoms with E-state index in [1.165, 1.54) is 38.5 Å². The Morgan fingerprint density at radius 3 is 2.00 bits per heavy atom. The van der Waals surface area contributed by atoms with Crippen molar-refractivity contribution in [2.75, 3.05) is 6.61 Å². The highest BCUT2D eigenvalue weighted by atomic mass is 16.5. The van der Waals surface area contributed by atoms with Gasteiger partial charge in [0.15, 0.2) is 0 Å². The van der Waals surface area contributed by atoms with Crippen LogP contribution in [0.4, 0.5) is 0 Å². The molecule has 0 aromatic carbocycles. The average Bonchev–Trinajstić information content (AvgIpc) is 2.43. The molecule has 0 radical (unpaired) electrons. The molecule has 2 heteroatoms. The van der Waals surface area contributed by atoms with Crippen molar-refractivity contribution in [3.8, 4) is 0 Å². The highest BCUT2D eigenvalue weighted by Crippen LogP contribution is 2.30. The molecule has 0 spiro atoms. The third-order valence-electron chi connectivity index (χ3n) is 4.09. The van der Waals surface area contributed by atoms with Crippen LogP contribution in [0.2, 0.25) is 0 Å². The molecule has 0 bridgehead atoms.